The topological polar surface area (TPSA) is 20.2 Å². The zero-order valence-electron chi connectivity index (χ0n) is 10.7. The number of rotatable bonds is 2. The number of hydrogen-bond acceptors (Lipinski definition) is 1. The molecule has 1 unspecified atom stereocenters. The predicted molar refractivity (Wildman–Crippen MR) is 72.3 cm³/mol. The van der Waals surface area contributed by atoms with Gasteiger partial charge in [-0.3, -0.25) is 0 Å². The Morgan fingerprint density at radius 1 is 1.25 bits per heavy atom. The van der Waals surface area contributed by atoms with Crippen molar-refractivity contribution in [3.63, 3.8) is 0 Å². The van der Waals surface area contributed by atoms with Gasteiger partial charge in [0.15, 0.2) is 0 Å². The second-order valence-electron chi connectivity index (χ2n) is 2.76. The molecule has 0 heterocycles. The third kappa shape index (κ3) is 6.23. The molecule has 1 rings (SSSR count). The first kappa shape index (κ1) is 18.0. The standard InChI is InChI=1S/C9H10BrFO.2C2H6/c1-6(5-12)7-2-3-8(10)9(11)4-7;2*1-2/h2-4,6,12H,5H2,1H3;2*1-2H3. The molecule has 0 saturated heterocycles. The number of aliphatic hydroxyl groups excluding tert-OH is 1. The maximum Gasteiger partial charge on any atom is 0.137 e. The summed E-state index contributed by atoms with van der Waals surface area (Å²) in [5.41, 5.74) is 0.818. The molecule has 0 radical (unpaired) electrons. The van der Waals surface area contributed by atoms with Crippen molar-refractivity contribution in [3.8, 4) is 0 Å². The Morgan fingerprint density at radius 2 is 1.75 bits per heavy atom. The second-order valence-corrected chi connectivity index (χ2v) is 3.61. The summed E-state index contributed by atoms with van der Waals surface area (Å²) in [7, 11) is 0. The lowest BCUT2D eigenvalue weighted by molar-refractivity contribution is 0.273. The van der Waals surface area contributed by atoms with E-state index in [0.717, 1.165) is 5.56 Å². The highest BCUT2D eigenvalue weighted by molar-refractivity contribution is 9.10. The summed E-state index contributed by atoms with van der Waals surface area (Å²) in [5, 5.41) is 8.81. The lowest BCUT2D eigenvalue weighted by Crippen LogP contribution is -1.99. The molecule has 1 atom stereocenters. The molecule has 0 spiro atoms. The van der Waals surface area contributed by atoms with E-state index in [2.05, 4.69) is 15.9 Å². The fourth-order valence-electron chi connectivity index (χ4n) is 0.924. The molecule has 0 bridgehead atoms. The van der Waals surface area contributed by atoms with E-state index in [9.17, 15) is 4.39 Å². The fourth-order valence-corrected chi connectivity index (χ4v) is 1.17. The SMILES string of the molecule is CC.CC.CC(CO)c1ccc(Br)c(F)c1. The Bertz CT molecular complexity index is 277. The van der Waals surface area contributed by atoms with Crippen molar-refractivity contribution >= 4 is 15.9 Å². The van der Waals surface area contributed by atoms with E-state index in [4.69, 9.17) is 5.11 Å². The summed E-state index contributed by atoms with van der Waals surface area (Å²) in [5.74, 6) is -0.291. The molecule has 1 nitrogen and oxygen atoms in total. The van der Waals surface area contributed by atoms with Crippen LogP contribution in [0, 0.1) is 5.82 Å². The Morgan fingerprint density at radius 3 is 2.12 bits per heavy atom. The average molecular weight is 293 g/mol. The van der Waals surface area contributed by atoms with Crippen LogP contribution >= 0.6 is 15.9 Å². The third-order valence-electron chi connectivity index (χ3n) is 1.79. The van der Waals surface area contributed by atoms with Gasteiger partial charge < -0.3 is 5.11 Å². The molecular formula is C13H22BrFO. The molecular weight excluding hydrogens is 271 g/mol. The van der Waals surface area contributed by atoms with E-state index in [1.54, 1.807) is 12.1 Å². The number of aliphatic hydroxyl groups is 1. The van der Waals surface area contributed by atoms with Crippen LogP contribution in [0.3, 0.4) is 0 Å². The monoisotopic (exact) mass is 292 g/mol. The van der Waals surface area contributed by atoms with Gasteiger partial charge in [-0.1, -0.05) is 40.7 Å². The zero-order valence-corrected chi connectivity index (χ0v) is 12.3. The van der Waals surface area contributed by atoms with Crippen LogP contribution in [-0.4, -0.2) is 11.7 Å². The number of benzene rings is 1. The summed E-state index contributed by atoms with van der Waals surface area (Å²) in [6, 6.07) is 4.88. The van der Waals surface area contributed by atoms with Crippen molar-refractivity contribution in [2.24, 2.45) is 0 Å². The first-order valence-corrected chi connectivity index (χ1v) is 6.50. The van der Waals surface area contributed by atoms with Crippen molar-refractivity contribution in [1.82, 2.24) is 0 Å². The third-order valence-corrected chi connectivity index (χ3v) is 2.43. The summed E-state index contributed by atoms with van der Waals surface area (Å²) in [6.07, 6.45) is 0. The van der Waals surface area contributed by atoms with Crippen molar-refractivity contribution in [1.29, 1.82) is 0 Å². The summed E-state index contributed by atoms with van der Waals surface area (Å²) in [6.45, 7) is 9.89. The molecule has 0 aromatic heterocycles. The second kappa shape index (κ2) is 11.1. The molecule has 0 aliphatic rings. The number of halogens is 2. The van der Waals surface area contributed by atoms with Gasteiger partial charge in [-0.15, -0.1) is 0 Å². The highest BCUT2D eigenvalue weighted by atomic mass is 79.9. The molecule has 0 amide bonds. The minimum absolute atomic E-state index is 0.00685. The lowest BCUT2D eigenvalue weighted by Gasteiger charge is -2.07. The average Bonchev–Trinajstić information content (AvgIpc) is 2.36. The quantitative estimate of drug-likeness (QED) is 0.835. The van der Waals surface area contributed by atoms with Gasteiger partial charge in [0, 0.05) is 12.5 Å². The normalized spacial score (nSPS) is 10.5. The number of hydrogen-bond donors (Lipinski definition) is 1. The van der Waals surface area contributed by atoms with Gasteiger partial charge in [-0.2, -0.15) is 0 Å². The Hall–Kier alpha value is -0.410. The van der Waals surface area contributed by atoms with E-state index in [0.29, 0.717) is 4.47 Å². The van der Waals surface area contributed by atoms with E-state index in [1.165, 1.54) is 6.07 Å². The van der Waals surface area contributed by atoms with Crippen LogP contribution < -0.4 is 0 Å². The lowest BCUT2D eigenvalue weighted by atomic mass is 10.0. The van der Waals surface area contributed by atoms with Gasteiger partial charge in [0.05, 0.1) is 4.47 Å². The molecule has 1 aromatic rings. The van der Waals surface area contributed by atoms with Crippen LogP contribution in [0.2, 0.25) is 0 Å². The Balaban J connectivity index is 0. The first-order chi connectivity index (χ1) is 7.65. The molecule has 0 aliphatic carbocycles. The van der Waals surface area contributed by atoms with Gasteiger partial charge in [-0.05, 0) is 33.6 Å². The Labute approximate surface area is 107 Å². The minimum atomic E-state index is -0.284. The van der Waals surface area contributed by atoms with Crippen molar-refractivity contribution in [3.05, 3.63) is 34.1 Å². The van der Waals surface area contributed by atoms with Crippen LogP contribution in [0.5, 0.6) is 0 Å². The molecule has 16 heavy (non-hydrogen) atoms. The largest absolute Gasteiger partial charge is 0.396 e. The van der Waals surface area contributed by atoms with E-state index in [1.807, 2.05) is 34.6 Å². The molecule has 3 heteroatoms. The smallest absolute Gasteiger partial charge is 0.137 e. The van der Waals surface area contributed by atoms with Gasteiger partial charge in [-0.25, -0.2) is 4.39 Å². The molecule has 0 aliphatic heterocycles. The van der Waals surface area contributed by atoms with E-state index >= 15 is 0 Å². The van der Waals surface area contributed by atoms with Gasteiger partial charge in [0.2, 0.25) is 0 Å². The maximum atomic E-state index is 12.9. The molecule has 0 saturated carbocycles. The Kier molecular flexibility index (Phi) is 12.5. The minimum Gasteiger partial charge on any atom is -0.396 e. The molecule has 94 valence electrons. The van der Waals surface area contributed by atoms with Crippen molar-refractivity contribution in [2.75, 3.05) is 6.61 Å². The van der Waals surface area contributed by atoms with E-state index in [-0.39, 0.29) is 18.3 Å². The molecule has 1 N–H and O–H groups in total. The maximum absolute atomic E-state index is 12.9. The van der Waals surface area contributed by atoms with Crippen molar-refractivity contribution < 1.29 is 9.50 Å². The molecule has 1 aromatic carbocycles. The van der Waals surface area contributed by atoms with Crippen LogP contribution in [-0.2, 0) is 0 Å². The van der Waals surface area contributed by atoms with Gasteiger partial charge in [0.1, 0.15) is 5.82 Å². The van der Waals surface area contributed by atoms with Crippen molar-refractivity contribution in [2.45, 2.75) is 40.5 Å². The summed E-state index contributed by atoms with van der Waals surface area (Å²) < 4.78 is 13.4. The van der Waals surface area contributed by atoms with Gasteiger partial charge in [0.25, 0.3) is 0 Å². The zero-order chi connectivity index (χ0) is 13.1. The first-order valence-electron chi connectivity index (χ1n) is 5.71. The van der Waals surface area contributed by atoms with Gasteiger partial charge >= 0.3 is 0 Å². The fraction of sp³-hybridized carbons (Fsp3) is 0.538. The highest BCUT2D eigenvalue weighted by Crippen LogP contribution is 2.21. The van der Waals surface area contributed by atoms with Crippen LogP contribution in [0.1, 0.15) is 46.1 Å². The molecule has 0 fully saturated rings. The summed E-state index contributed by atoms with van der Waals surface area (Å²) >= 11 is 3.06. The predicted octanol–water partition coefficient (Wildman–Crippen LogP) is 4.74. The highest BCUT2D eigenvalue weighted by Gasteiger charge is 2.06. The van der Waals surface area contributed by atoms with Crippen LogP contribution in [0.15, 0.2) is 22.7 Å². The van der Waals surface area contributed by atoms with Crippen LogP contribution in [0.25, 0.3) is 0 Å². The summed E-state index contributed by atoms with van der Waals surface area (Å²) in [4.78, 5) is 0. The van der Waals surface area contributed by atoms with Crippen LogP contribution in [0.4, 0.5) is 4.39 Å². The van der Waals surface area contributed by atoms with E-state index < -0.39 is 0 Å².